The third kappa shape index (κ3) is 3.73. The van der Waals surface area contributed by atoms with Crippen LogP contribution in [0.15, 0.2) is 63.2 Å². The lowest BCUT2D eigenvalue weighted by atomic mass is 10.1. The van der Waals surface area contributed by atoms with Gasteiger partial charge in [0.15, 0.2) is 6.04 Å². The van der Waals surface area contributed by atoms with Crippen LogP contribution in [-0.4, -0.2) is 22.6 Å². The number of benzene rings is 2. The Kier molecular flexibility index (Phi) is 5.07. The molecule has 0 saturated heterocycles. The molecular weight excluding hydrogens is 382 g/mol. The van der Waals surface area contributed by atoms with E-state index in [-0.39, 0.29) is 5.91 Å². The van der Waals surface area contributed by atoms with Crippen LogP contribution in [0, 0.1) is 20.8 Å². The Morgan fingerprint density at radius 1 is 1.03 bits per heavy atom. The van der Waals surface area contributed by atoms with Gasteiger partial charge in [0.05, 0.1) is 17.1 Å². The lowest BCUT2D eigenvalue weighted by molar-refractivity contribution is -0.117. The molecule has 0 N–H and O–H groups in total. The van der Waals surface area contributed by atoms with Crippen LogP contribution in [0.2, 0.25) is 0 Å². The minimum atomic E-state index is -0.723. The highest BCUT2D eigenvalue weighted by atomic mass is 32.1. The lowest BCUT2D eigenvalue weighted by Crippen LogP contribution is -2.29. The molecule has 1 atom stereocenters. The van der Waals surface area contributed by atoms with Gasteiger partial charge in [-0.15, -0.1) is 11.3 Å². The maximum Gasteiger partial charge on any atom is 0.282 e. The zero-order chi connectivity index (χ0) is 20.5. The molecule has 2 aromatic carbocycles. The summed E-state index contributed by atoms with van der Waals surface area (Å²) in [5.74, 6) is -0.234. The lowest BCUT2D eigenvalue weighted by Gasteiger charge is -2.09. The van der Waals surface area contributed by atoms with E-state index < -0.39 is 6.04 Å². The Bertz CT molecular complexity index is 1110. The Morgan fingerprint density at radius 2 is 1.72 bits per heavy atom. The quantitative estimate of drug-likeness (QED) is 0.531. The largest absolute Gasteiger partial charge is 0.282 e. The molecule has 146 valence electrons. The van der Waals surface area contributed by atoms with Gasteiger partial charge in [0.2, 0.25) is 5.13 Å². The first-order valence-corrected chi connectivity index (χ1v) is 10.2. The van der Waals surface area contributed by atoms with Crippen molar-refractivity contribution in [3.05, 3.63) is 64.5 Å². The molecule has 6 nitrogen and oxygen atoms in total. The van der Waals surface area contributed by atoms with Gasteiger partial charge < -0.3 is 0 Å². The van der Waals surface area contributed by atoms with E-state index in [1.54, 1.807) is 6.92 Å². The number of aromatic nitrogens is 1. The number of nitrogens with zero attached hydrogens (tertiary/aromatic N) is 5. The first kappa shape index (κ1) is 19.1. The molecule has 4 rings (SSSR count). The van der Waals surface area contributed by atoms with Crippen molar-refractivity contribution in [2.45, 2.75) is 33.7 Å². The van der Waals surface area contributed by atoms with Crippen molar-refractivity contribution in [1.82, 2.24) is 4.98 Å². The van der Waals surface area contributed by atoms with Gasteiger partial charge in [0, 0.05) is 10.9 Å². The average Bonchev–Trinajstić information content (AvgIpc) is 3.27. The average molecular weight is 404 g/mol. The summed E-state index contributed by atoms with van der Waals surface area (Å²) in [6.45, 7) is 7.84. The predicted molar refractivity (Wildman–Crippen MR) is 117 cm³/mol. The second kappa shape index (κ2) is 7.67. The number of rotatable bonds is 4. The standard InChI is InChI=1S/C22H21N5OS/c1-13-10-14(2)19(15(3)11-13)24-25-20-16(4)26-27(21(20)28)22-23-18(12-29-22)17-8-6-5-7-9-17/h5-12,20H,1-4H3/t20-/m0/s1. The normalized spacial score (nSPS) is 16.7. The highest BCUT2D eigenvalue weighted by Crippen LogP contribution is 2.31. The fraction of sp³-hybridized carbons (Fsp3) is 0.227. The van der Waals surface area contributed by atoms with Gasteiger partial charge in [0.1, 0.15) is 0 Å². The molecule has 1 aromatic heterocycles. The second-order valence-corrected chi connectivity index (χ2v) is 7.97. The summed E-state index contributed by atoms with van der Waals surface area (Å²) in [7, 11) is 0. The fourth-order valence-electron chi connectivity index (χ4n) is 3.37. The smallest absolute Gasteiger partial charge is 0.269 e. The summed E-state index contributed by atoms with van der Waals surface area (Å²) in [4.78, 5) is 17.5. The van der Waals surface area contributed by atoms with Crippen LogP contribution < -0.4 is 5.01 Å². The number of hydrogen-bond acceptors (Lipinski definition) is 6. The number of azo groups is 1. The zero-order valence-electron chi connectivity index (χ0n) is 16.7. The van der Waals surface area contributed by atoms with E-state index >= 15 is 0 Å². The highest BCUT2D eigenvalue weighted by Gasteiger charge is 2.36. The van der Waals surface area contributed by atoms with Crippen molar-refractivity contribution in [3.8, 4) is 11.3 Å². The molecule has 0 unspecified atom stereocenters. The van der Waals surface area contributed by atoms with Crippen molar-refractivity contribution in [1.29, 1.82) is 0 Å². The van der Waals surface area contributed by atoms with Crippen molar-refractivity contribution in [2.75, 3.05) is 5.01 Å². The van der Waals surface area contributed by atoms with Gasteiger partial charge in [-0.2, -0.15) is 20.3 Å². The summed E-state index contributed by atoms with van der Waals surface area (Å²) in [6.07, 6.45) is 0. The summed E-state index contributed by atoms with van der Waals surface area (Å²) in [5, 5.41) is 16.9. The SMILES string of the molecule is CC1=NN(c2nc(-c3ccccc3)cs2)C(=O)[C@H]1N=Nc1c(C)cc(C)cc1C. The van der Waals surface area contributed by atoms with E-state index in [0.717, 1.165) is 28.1 Å². The van der Waals surface area contributed by atoms with Crippen LogP contribution in [0.3, 0.4) is 0 Å². The van der Waals surface area contributed by atoms with Crippen molar-refractivity contribution in [3.63, 3.8) is 0 Å². The maximum absolute atomic E-state index is 12.9. The molecule has 0 fully saturated rings. The predicted octanol–water partition coefficient (Wildman–Crippen LogP) is 5.61. The third-order valence-electron chi connectivity index (χ3n) is 4.75. The van der Waals surface area contributed by atoms with Crippen LogP contribution in [-0.2, 0) is 4.79 Å². The molecule has 2 heterocycles. The molecule has 29 heavy (non-hydrogen) atoms. The fourth-order valence-corrected chi connectivity index (χ4v) is 4.16. The van der Waals surface area contributed by atoms with E-state index in [1.165, 1.54) is 21.9 Å². The van der Waals surface area contributed by atoms with Gasteiger partial charge in [-0.3, -0.25) is 4.79 Å². The van der Waals surface area contributed by atoms with Crippen molar-refractivity contribution >= 4 is 33.8 Å². The van der Waals surface area contributed by atoms with Gasteiger partial charge in [-0.1, -0.05) is 48.0 Å². The van der Waals surface area contributed by atoms with Gasteiger partial charge in [-0.05, 0) is 38.8 Å². The van der Waals surface area contributed by atoms with Crippen LogP contribution in [0.25, 0.3) is 11.3 Å². The number of thiazole rings is 1. The summed E-state index contributed by atoms with van der Waals surface area (Å²) in [5.41, 5.74) is 6.49. The number of carbonyl (C=O) groups excluding carboxylic acids is 1. The summed E-state index contributed by atoms with van der Waals surface area (Å²) < 4.78 is 0. The first-order valence-electron chi connectivity index (χ1n) is 9.33. The van der Waals surface area contributed by atoms with Crippen LogP contribution in [0.1, 0.15) is 23.6 Å². The highest BCUT2D eigenvalue weighted by molar-refractivity contribution is 7.14. The van der Waals surface area contributed by atoms with E-state index in [1.807, 2.05) is 56.5 Å². The minimum absolute atomic E-state index is 0.234. The molecule has 1 aliphatic rings. The Hall–Kier alpha value is -3.19. The molecule has 3 aromatic rings. The molecule has 0 bridgehead atoms. The molecule has 1 aliphatic heterocycles. The number of hydrazone groups is 1. The zero-order valence-corrected chi connectivity index (χ0v) is 17.6. The Labute approximate surface area is 173 Å². The summed E-state index contributed by atoms with van der Waals surface area (Å²) >= 11 is 1.39. The topological polar surface area (TPSA) is 70.3 Å². The van der Waals surface area contributed by atoms with E-state index in [2.05, 4.69) is 32.4 Å². The van der Waals surface area contributed by atoms with Crippen molar-refractivity contribution in [2.24, 2.45) is 15.3 Å². The third-order valence-corrected chi connectivity index (χ3v) is 5.56. The molecule has 0 radical (unpaired) electrons. The molecule has 0 spiro atoms. The van der Waals surface area contributed by atoms with Crippen LogP contribution >= 0.6 is 11.3 Å². The Morgan fingerprint density at radius 3 is 2.41 bits per heavy atom. The number of anilines is 1. The van der Waals surface area contributed by atoms with E-state index in [4.69, 9.17) is 0 Å². The van der Waals surface area contributed by atoms with Crippen molar-refractivity contribution < 1.29 is 4.79 Å². The minimum Gasteiger partial charge on any atom is -0.269 e. The number of carbonyl (C=O) groups is 1. The number of hydrogen-bond donors (Lipinski definition) is 0. The molecule has 0 aliphatic carbocycles. The van der Waals surface area contributed by atoms with Gasteiger partial charge in [0.25, 0.3) is 5.91 Å². The molecule has 7 heteroatoms. The summed E-state index contributed by atoms with van der Waals surface area (Å²) in [6, 6.07) is 13.3. The van der Waals surface area contributed by atoms with Crippen LogP contribution in [0.4, 0.5) is 10.8 Å². The van der Waals surface area contributed by atoms with Gasteiger partial charge >= 0.3 is 0 Å². The molecule has 1 amide bonds. The maximum atomic E-state index is 12.9. The Balaban J connectivity index is 1.57. The number of aryl methyl sites for hydroxylation is 3. The molecular formula is C22H21N5OS. The first-order chi connectivity index (χ1) is 13.9. The van der Waals surface area contributed by atoms with Gasteiger partial charge in [-0.25, -0.2) is 4.98 Å². The van der Waals surface area contributed by atoms with Crippen LogP contribution in [0.5, 0.6) is 0 Å². The second-order valence-electron chi connectivity index (χ2n) is 7.14. The van der Waals surface area contributed by atoms with E-state index in [9.17, 15) is 4.79 Å². The monoisotopic (exact) mass is 403 g/mol. The number of amides is 1. The molecule has 0 saturated carbocycles. The van der Waals surface area contributed by atoms with E-state index in [0.29, 0.717) is 10.8 Å².